The molecule has 1 aliphatic carbocycles. The van der Waals surface area contributed by atoms with Crippen molar-refractivity contribution in [3.05, 3.63) is 29.3 Å². The first-order chi connectivity index (χ1) is 9.00. The predicted octanol–water partition coefficient (Wildman–Crippen LogP) is 4.08. The summed E-state index contributed by atoms with van der Waals surface area (Å²) in [5, 5.41) is 12.6. The molecule has 0 atom stereocenters. The van der Waals surface area contributed by atoms with Crippen molar-refractivity contribution >= 4 is 11.7 Å². The fraction of sp³-hybridized carbons (Fsp3) is 0.562. The minimum atomic E-state index is -0.865. The standard InChI is InChI=1S/C16H23NO2/c1-12-6-7-13(15(18)19)14(10-12)17-11-16(2)8-4-3-5-9-16/h6-7,10,17H,3-5,8-9,11H2,1-2H3,(H,18,19). The summed E-state index contributed by atoms with van der Waals surface area (Å²) in [5.41, 5.74) is 2.50. The van der Waals surface area contributed by atoms with Crippen molar-refractivity contribution < 1.29 is 9.90 Å². The number of hydrogen-bond donors (Lipinski definition) is 2. The molecule has 0 bridgehead atoms. The Morgan fingerprint density at radius 2 is 2.00 bits per heavy atom. The number of aryl methyl sites for hydroxylation is 1. The van der Waals surface area contributed by atoms with Gasteiger partial charge in [0.2, 0.25) is 0 Å². The zero-order chi connectivity index (χ0) is 13.9. The largest absolute Gasteiger partial charge is 0.478 e. The summed E-state index contributed by atoms with van der Waals surface area (Å²) >= 11 is 0. The average Bonchev–Trinajstić information content (AvgIpc) is 2.37. The maximum Gasteiger partial charge on any atom is 0.337 e. The quantitative estimate of drug-likeness (QED) is 0.858. The van der Waals surface area contributed by atoms with Gasteiger partial charge in [-0.2, -0.15) is 0 Å². The number of rotatable bonds is 4. The Balaban J connectivity index is 2.10. The van der Waals surface area contributed by atoms with Crippen LogP contribution in [-0.2, 0) is 0 Å². The molecule has 1 aliphatic rings. The zero-order valence-electron chi connectivity index (χ0n) is 11.8. The van der Waals surface area contributed by atoms with E-state index in [0.29, 0.717) is 11.0 Å². The summed E-state index contributed by atoms with van der Waals surface area (Å²) in [4.78, 5) is 11.2. The summed E-state index contributed by atoms with van der Waals surface area (Å²) in [6.07, 6.45) is 6.37. The normalized spacial score (nSPS) is 18.0. The molecule has 104 valence electrons. The van der Waals surface area contributed by atoms with Gasteiger partial charge in [0.05, 0.1) is 5.56 Å². The summed E-state index contributed by atoms with van der Waals surface area (Å²) < 4.78 is 0. The highest BCUT2D eigenvalue weighted by Crippen LogP contribution is 2.36. The first-order valence-electron chi connectivity index (χ1n) is 7.08. The van der Waals surface area contributed by atoms with Crippen LogP contribution in [0.5, 0.6) is 0 Å². The van der Waals surface area contributed by atoms with Gasteiger partial charge in [-0.3, -0.25) is 0 Å². The number of nitrogens with one attached hydrogen (secondary N) is 1. The molecule has 2 N–H and O–H groups in total. The number of carboxylic acids is 1. The van der Waals surface area contributed by atoms with Crippen LogP contribution in [0.4, 0.5) is 5.69 Å². The van der Waals surface area contributed by atoms with Gasteiger partial charge in [0.1, 0.15) is 0 Å². The zero-order valence-corrected chi connectivity index (χ0v) is 11.8. The summed E-state index contributed by atoms with van der Waals surface area (Å²) in [6.45, 7) is 5.14. The van der Waals surface area contributed by atoms with Crippen LogP contribution in [-0.4, -0.2) is 17.6 Å². The lowest BCUT2D eigenvalue weighted by atomic mass is 9.75. The first-order valence-corrected chi connectivity index (χ1v) is 7.08. The van der Waals surface area contributed by atoms with Crippen LogP contribution in [0.3, 0.4) is 0 Å². The third-order valence-electron chi connectivity index (χ3n) is 4.17. The highest BCUT2D eigenvalue weighted by atomic mass is 16.4. The number of hydrogen-bond acceptors (Lipinski definition) is 2. The Bertz CT molecular complexity index is 462. The molecule has 0 spiro atoms. The minimum Gasteiger partial charge on any atom is -0.478 e. The van der Waals surface area contributed by atoms with Crippen molar-refractivity contribution in [3.63, 3.8) is 0 Å². The summed E-state index contributed by atoms with van der Waals surface area (Å²) in [6, 6.07) is 5.45. The van der Waals surface area contributed by atoms with Gasteiger partial charge in [0, 0.05) is 12.2 Å². The molecule has 0 radical (unpaired) electrons. The maximum atomic E-state index is 11.2. The van der Waals surface area contributed by atoms with Crippen molar-refractivity contribution in [2.45, 2.75) is 46.0 Å². The van der Waals surface area contributed by atoms with E-state index >= 15 is 0 Å². The summed E-state index contributed by atoms with van der Waals surface area (Å²) in [7, 11) is 0. The molecule has 1 aromatic rings. The molecule has 1 saturated carbocycles. The monoisotopic (exact) mass is 261 g/mol. The highest BCUT2D eigenvalue weighted by Gasteiger charge is 2.26. The number of benzene rings is 1. The van der Waals surface area contributed by atoms with Crippen LogP contribution in [0, 0.1) is 12.3 Å². The molecule has 0 saturated heterocycles. The Hall–Kier alpha value is -1.51. The van der Waals surface area contributed by atoms with Crippen molar-refractivity contribution in [2.75, 3.05) is 11.9 Å². The third-order valence-corrected chi connectivity index (χ3v) is 4.17. The molecule has 3 heteroatoms. The highest BCUT2D eigenvalue weighted by molar-refractivity contribution is 5.94. The average molecular weight is 261 g/mol. The molecular weight excluding hydrogens is 238 g/mol. The van der Waals surface area contributed by atoms with Crippen molar-refractivity contribution in [2.24, 2.45) is 5.41 Å². The second-order valence-corrected chi connectivity index (χ2v) is 6.08. The number of carboxylic acid groups (broad SMARTS) is 1. The number of anilines is 1. The lowest BCUT2D eigenvalue weighted by molar-refractivity contribution is 0.0698. The van der Waals surface area contributed by atoms with Gasteiger partial charge in [-0.15, -0.1) is 0 Å². The van der Waals surface area contributed by atoms with E-state index in [9.17, 15) is 9.90 Å². The molecule has 19 heavy (non-hydrogen) atoms. The van der Waals surface area contributed by atoms with Crippen molar-refractivity contribution in [1.29, 1.82) is 0 Å². The fourth-order valence-electron chi connectivity index (χ4n) is 2.88. The van der Waals surface area contributed by atoms with Gasteiger partial charge in [-0.1, -0.05) is 32.3 Å². The molecule has 0 aromatic heterocycles. The van der Waals surface area contributed by atoms with E-state index in [0.717, 1.165) is 17.8 Å². The lowest BCUT2D eigenvalue weighted by Crippen LogP contribution is -2.29. The van der Waals surface area contributed by atoms with Crippen molar-refractivity contribution in [1.82, 2.24) is 0 Å². The van der Waals surface area contributed by atoms with Gasteiger partial charge >= 0.3 is 5.97 Å². The van der Waals surface area contributed by atoms with Gasteiger partial charge in [-0.25, -0.2) is 4.79 Å². The van der Waals surface area contributed by atoms with Crippen LogP contribution in [0.25, 0.3) is 0 Å². The molecule has 0 aliphatic heterocycles. The van der Waals surface area contributed by atoms with Crippen LogP contribution in [0.15, 0.2) is 18.2 Å². The predicted molar refractivity (Wildman–Crippen MR) is 77.8 cm³/mol. The Morgan fingerprint density at radius 1 is 1.32 bits per heavy atom. The van der Waals surface area contributed by atoms with E-state index < -0.39 is 5.97 Å². The maximum absolute atomic E-state index is 11.2. The third kappa shape index (κ3) is 3.49. The van der Waals surface area contributed by atoms with E-state index in [1.54, 1.807) is 6.07 Å². The smallest absolute Gasteiger partial charge is 0.337 e. The topological polar surface area (TPSA) is 49.3 Å². The molecule has 2 rings (SSSR count). The minimum absolute atomic E-state index is 0.303. The molecule has 0 heterocycles. The van der Waals surface area contributed by atoms with Crippen molar-refractivity contribution in [3.8, 4) is 0 Å². The Morgan fingerprint density at radius 3 is 2.63 bits per heavy atom. The molecular formula is C16H23NO2. The SMILES string of the molecule is Cc1ccc(C(=O)O)c(NCC2(C)CCCCC2)c1. The van der Waals surface area contributed by atoms with E-state index in [1.165, 1.54) is 32.1 Å². The Labute approximate surface area is 115 Å². The number of aromatic carboxylic acids is 1. The fourth-order valence-corrected chi connectivity index (χ4v) is 2.88. The molecule has 1 aromatic carbocycles. The van der Waals surface area contributed by atoms with Gasteiger partial charge < -0.3 is 10.4 Å². The molecule has 0 amide bonds. The molecule has 1 fully saturated rings. The van der Waals surface area contributed by atoms with Gasteiger partial charge in [0.25, 0.3) is 0 Å². The Kier molecular flexibility index (Phi) is 4.13. The van der Waals surface area contributed by atoms with E-state index in [4.69, 9.17) is 0 Å². The van der Waals surface area contributed by atoms with E-state index in [-0.39, 0.29) is 0 Å². The second-order valence-electron chi connectivity index (χ2n) is 6.08. The van der Waals surface area contributed by atoms with Crippen LogP contribution in [0.2, 0.25) is 0 Å². The van der Waals surface area contributed by atoms with E-state index in [2.05, 4.69) is 12.2 Å². The molecule has 0 unspecified atom stereocenters. The number of carbonyl (C=O) groups is 1. The second kappa shape index (κ2) is 5.64. The first kappa shape index (κ1) is 13.9. The molecule has 3 nitrogen and oxygen atoms in total. The van der Waals surface area contributed by atoms with Gasteiger partial charge in [0.15, 0.2) is 0 Å². The van der Waals surface area contributed by atoms with Crippen LogP contribution >= 0.6 is 0 Å². The van der Waals surface area contributed by atoms with Gasteiger partial charge in [-0.05, 0) is 42.9 Å². The van der Waals surface area contributed by atoms with Crippen LogP contribution < -0.4 is 5.32 Å². The lowest BCUT2D eigenvalue weighted by Gasteiger charge is -2.34. The summed E-state index contributed by atoms with van der Waals surface area (Å²) in [5.74, 6) is -0.865. The van der Waals surface area contributed by atoms with E-state index in [1.807, 2.05) is 19.1 Å². The van der Waals surface area contributed by atoms with Crippen LogP contribution in [0.1, 0.15) is 54.9 Å².